The van der Waals surface area contributed by atoms with Gasteiger partial charge >= 0.3 is 0 Å². The average Bonchev–Trinajstić information content (AvgIpc) is 2.88. The van der Waals surface area contributed by atoms with Crippen molar-refractivity contribution in [3.63, 3.8) is 0 Å². The topological polar surface area (TPSA) is 63.1 Å². The van der Waals surface area contributed by atoms with Gasteiger partial charge in [0.1, 0.15) is 0 Å². The molecule has 18 heavy (non-hydrogen) atoms. The van der Waals surface area contributed by atoms with E-state index in [-0.39, 0.29) is 0 Å². The standard InChI is InChI=1S/C12H21N3O2S/c1-9-4-10(9)6-14-18(16,17)12-5-11(7-13-2)15(3)8-12/h5,8-10,13-14H,4,6-7H2,1-3H3. The van der Waals surface area contributed by atoms with E-state index < -0.39 is 10.0 Å². The van der Waals surface area contributed by atoms with Gasteiger partial charge in [0, 0.05) is 32.0 Å². The molecule has 1 aliphatic rings. The van der Waals surface area contributed by atoms with Crippen LogP contribution in [0, 0.1) is 11.8 Å². The summed E-state index contributed by atoms with van der Waals surface area (Å²) in [5.74, 6) is 1.17. The van der Waals surface area contributed by atoms with Crippen molar-refractivity contribution in [1.29, 1.82) is 0 Å². The van der Waals surface area contributed by atoms with Crippen molar-refractivity contribution in [1.82, 2.24) is 14.6 Å². The average molecular weight is 271 g/mol. The second-order valence-electron chi connectivity index (χ2n) is 5.13. The van der Waals surface area contributed by atoms with Crippen molar-refractivity contribution >= 4 is 10.0 Å². The van der Waals surface area contributed by atoms with Crippen LogP contribution in [0.5, 0.6) is 0 Å². The van der Waals surface area contributed by atoms with Crippen LogP contribution in [0.2, 0.25) is 0 Å². The lowest BCUT2D eigenvalue weighted by molar-refractivity contribution is 0.574. The van der Waals surface area contributed by atoms with Crippen LogP contribution in [0.15, 0.2) is 17.2 Å². The molecule has 0 aliphatic heterocycles. The lowest BCUT2D eigenvalue weighted by Crippen LogP contribution is -2.25. The number of hydrogen-bond donors (Lipinski definition) is 2. The van der Waals surface area contributed by atoms with Crippen LogP contribution >= 0.6 is 0 Å². The van der Waals surface area contributed by atoms with Gasteiger partial charge in [0.2, 0.25) is 10.0 Å². The second-order valence-corrected chi connectivity index (χ2v) is 6.90. The van der Waals surface area contributed by atoms with E-state index in [4.69, 9.17) is 0 Å². The second kappa shape index (κ2) is 5.03. The number of nitrogens with zero attached hydrogens (tertiary/aromatic N) is 1. The molecular formula is C12H21N3O2S. The normalized spacial score (nSPS) is 23.3. The van der Waals surface area contributed by atoms with Crippen LogP contribution in [-0.2, 0) is 23.6 Å². The van der Waals surface area contributed by atoms with E-state index in [2.05, 4.69) is 17.0 Å². The molecule has 0 bridgehead atoms. The third-order valence-electron chi connectivity index (χ3n) is 3.56. The van der Waals surface area contributed by atoms with Gasteiger partial charge in [-0.3, -0.25) is 0 Å². The molecular weight excluding hydrogens is 250 g/mol. The number of nitrogens with one attached hydrogen (secondary N) is 2. The van der Waals surface area contributed by atoms with Crippen molar-refractivity contribution in [3.8, 4) is 0 Å². The van der Waals surface area contributed by atoms with Crippen molar-refractivity contribution < 1.29 is 8.42 Å². The zero-order valence-corrected chi connectivity index (χ0v) is 11.9. The molecule has 0 aromatic carbocycles. The van der Waals surface area contributed by atoms with Crippen LogP contribution in [0.1, 0.15) is 19.0 Å². The van der Waals surface area contributed by atoms with Crippen LogP contribution < -0.4 is 10.0 Å². The highest BCUT2D eigenvalue weighted by Crippen LogP contribution is 2.37. The minimum absolute atomic E-state index is 0.351. The first kappa shape index (κ1) is 13.6. The van der Waals surface area contributed by atoms with Gasteiger partial charge in [-0.15, -0.1) is 0 Å². The van der Waals surface area contributed by atoms with Gasteiger partial charge in [0.15, 0.2) is 0 Å². The fraction of sp³-hybridized carbons (Fsp3) is 0.667. The predicted octanol–water partition coefficient (Wildman–Crippen LogP) is 0.679. The zero-order valence-electron chi connectivity index (χ0n) is 11.1. The summed E-state index contributed by atoms with van der Waals surface area (Å²) < 4.78 is 28.7. The predicted molar refractivity (Wildman–Crippen MR) is 70.6 cm³/mol. The highest BCUT2D eigenvalue weighted by atomic mass is 32.2. The number of aryl methyl sites for hydroxylation is 1. The Kier molecular flexibility index (Phi) is 3.79. The quantitative estimate of drug-likeness (QED) is 0.800. The van der Waals surface area contributed by atoms with E-state index in [0.29, 0.717) is 29.8 Å². The summed E-state index contributed by atoms with van der Waals surface area (Å²) in [4.78, 5) is 0.351. The molecule has 1 saturated carbocycles. The van der Waals surface area contributed by atoms with E-state index in [0.717, 1.165) is 12.1 Å². The third-order valence-corrected chi connectivity index (χ3v) is 4.95. The highest BCUT2D eigenvalue weighted by molar-refractivity contribution is 7.89. The lowest BCUT2D eigenvalue weighted by atomic mass is 10.3. The first-order valence-electron chi connectivity index (χ1n) is 6.23. The summed E-state index contributed by atoms with van der Waals surface area (Å²) in [5.41, 5.74) is 0.956. The van der Waals surface area contributed by atoms with Crippen LogP contribution in [0.4, 0.5) is 0 Å². The van der Waals surface area contributed by atoms with Crippen molar-refractivity contribution in [2.75, 3.05) is 13.6 Å². The van der Waals surface area contributed by atoms with Gasteiger partial charge in [-0.2, -0.15) is 0 Å². The van der Waals surface area contributed by atoms with Crippen molar-refractivity contribution in [3.05, 3.63) is 18.0 Å². The maximum atomic E-state index is 12.1. The molecule has 6 heteroatoms. The fourth-order valence-electron chi connectivity index (χ4n) is 2.06. The minimum atomic E-state index is -3.36. The van der Waals surface area contributed by atoms with Gasteiger partial charge in [-0.05, 0) is 31.4 Å². The first-order chi connectivity index (χ1) is 8.44. The molecule has 1 fully saturated rings. The number of hydrogen-bond acceptors (Lipinski definition) is 3. The summed E-state index contributed by atoms with van der Waals surface area (Å²) in [6.45, 7) is 3.36. The molecule has 2 unspecified atom stereocenters. The monoisotopic (exact) mass is 271 g/mol. The van der Waals surface area contributed by atoms with E-state index in [1.54, 1.807) is 12.3 Å². The minimum Gasteiger partial charge on any atom is -0.352 e. The van der Waals surface area contributed by atoms with E-state index in [1.807, 2.05) is 18.7 Å². The Balaban J connectivity index is 2.06. The molecule has 5 nitrogen and oxygen atoms in total. The number of aromatic nitrogens is 1. The van der Waals surface area contributed by atoms with Gasteiger partial charge in [0.25, 0.3) is 0 Å². The van der Waals surface area contributed by atoms with Crippen molar-refractivity contribution in [2.45, 2.75) is 24.8 Å². The van der Waals surface area contributed by atoms with Crippen LogP contribution in [-0.4, -0.2) is 26.6 Å². The van der Waals surface area contributed by atoms with Gasteiger partial charge in [-0.25, -0.2) is 13.1 Å². The Morgan fingerprint density at radius 1 is 1.50 bits per heavy atom. The first-order valence-corrected chi connectivity index (χ1v) is 7.72. The molecule has 102 valence electrons. The summed E-state index contributed by atoms with van der Waals surface area (Å²) in [5, 5.41) is 3.02. The molecule has 1 aliphatic carbocycles. The molecule has 1 aromatic rings. The summed E-state index contributed by atoms with van der Waals surface area (Å²) in [7, 11) is 0.340. The maximum absolute atomic E-state index is 12.1. The Labute approximate surface area is 109 Å². The van der Waals surface area contributed by atoms with E-state index >= 15 is 0 Å². The maximum Gasteiger partial charge on any atom is 0.242 e. The third kappa shape index (κ3) is 2.93. The molecule has 2 rings (SSSR count). The Morgan fingerprint density at radius 2 is 2.17 bits per heavy atom. The molecule has 0 spiro atoms. The lowest BCUT2D eigenvalue weighted by Gasteiger charge is -2.03. The van der Waals surface area contributed by atoms with Crippen molar-refractivity contribution in [2.24, 2.45) is 18.9 Å². The van der Waals surface area contributed by atoms with Crippen LogP contribution in [0.25, 0.3) is 0 Å². The van der Waals surface area contributed by atoms with E-state index in [1.165, 1.54) is 0 Å². The highest BCUT2D eigenvalue weighted by Gasteiger charge is 2.33. The van der Waals surface area contributed by atoms with Gasteiger partial charge < -0.3 is 9.88 Å². The molecule has 0 radical (unpaired) electrons. The van der Waals surface area contributed by atoms with Crippen LogP contribution in [0.3, 0.4) is 0 Å². The van der Waals surface area contributed by atoms with E-state index in [9.17, 15) is 8.42 Å². The molecule has 2 N–H and O–H groups in total. The number of rotatable bonds is 6. The summed E-state index contributed by atoms with van der Waals surface area (Å²) in [6, 6.07) is 1.72. The molecule has 1 heterocycles. The van der Waals surface area contributed by atoms with Gasteiger partial charge in [0.05, 0.1) is 4.90 Å². The number of sulfonamides is 1. The Hall–Kier alpha value is -0.850. The summed E-state index contributed by atoms with van der Waals surface area (Å²) >= 11 is 0. The molecule has 1 aromatic heterocycles. The fourth-order valence-corrected chi connectivity index (χ4v) is 3.25. The molecule has 0 amide bonds. The molecule has 0 saturated heterocycles. The largest absolute Gasteiger partial charge is 0.352 e. The Bertz CT molecular complexity index is 521. The SMILES string of the molecule is CNCc1cc(S(=O)(=O)NCC2CC2C)cn1C. The van der Waals surface area contributed by atoms with Gasteiger partial charge in [-0.1, -0.05) is 6.92 Å². The molecule has 2 atom stereocenters. The zero-order chi connectivity index (χ0) is 13.3. The smallest absolute Gasteiger partial charge is 0.242 e. The Morgan fingerprint density at radius 3 is 2.72 bits per heavy atom. The summed E-state index contributed by atoms with van der Waals surface area (Å²) in [6.07, 6.45) is 2.79.